The van der Waals surface area contributed by atoms with Gasteiger partial charge in [-0.05, 0) is 30.3 Å². The van der Waals surface area contributed by atoms with Crippen molar-refractivity contribution in [2.75, 3.05) is 47.0 Å². The van der Waals surface area contributed by atoms with Crippen molar-refractivity contribution in [1.82, 2.24) is 4.90 Å². The quantitative estimate of drug-likeness (QED) is 0.639. The number of carbonyl (C=O) groups is 2. The summed E-state index contributed by atoms with van der Waals surface area (Å²) in [5.74, 6) is 1.09. The molecule has 0 bridgehead atoms. The fourth-order valence-electron chi connectivity index (χ4n) is 3.56. The van der Waals surface area contributed by atoms with Crippen LogP contribution >= 0.6 is 0 Å². The van der Waals surface area contributed by atoms with Gasteiger partial charge in [0.1, 0.15) is 12.3 Å². The van der Waals surface area contributed by atoms with Crippen LogP contribution in [-0.2, 0) is 11.3 Å². The highest BCUT2D eigenvalue weighted by atomic mass is 16.5. The maximum absolute atomic E-state index is 12.5. The van der Waals surface area contributed by atoms with Gasteiger partial charge in [0.15, 0.2) is 18.1 Å². The van der Waals surface area contributed by atoms with Gasteiger partial charge in [-0.25, -0.2) is 0 Å². The van der Waals surface area contributed by atoms with E-state index >= 15 is 0 Å². The Kier molecular flexibility index (Phi) is 7.13. The second-order valence-electron chi connectivity index (χ2n) is 7.15. The Morgan fingerprint density at radius 2 is 1.70 bits per heavy atom. The van der Waals surface area contributed by atoms with Crippen molar-refractivity contribution in [3.8, 4) is 17.2 Å². The Bertz CT molecular complexity index is 894. The average molecular weight is 414 g/mol. The number of primary amides is 1. The van der Waals surface area contributed by atoms with E-state index in [0.29, 0.717) is 24.6 Å². The Labute approximate surface area is 176 Å². The third kappa shape index (κ3) is 5.21. The number of ether oxygens (including phenoxy) is 3. The number of rotatable bonds is 8. The first kappa shape index (κ1) is 21.4. The van der Waals surface area contributed by atoms with E-state index in [2.05, 4.69) is 0 Å². The van der Waals surface area contributed by atoms with Gasteiger partial charge in [0.2, 0.25) is 0 Å². The van der Waals surface area contributed by atoms with Crippen LogP contribution in [0.4, 0.5) is 0 Å². The zero-order valence-electron chi connectivity index (χ0n) is 17.3. The Morgan fingerprint density at radius 1 is 1.00 bits per heavy atom. The van der Waals surface area contributed by atoms with Crippen molar-refractivity contribution >= 4 is 11.8 Å². The smallest absolute Gasteiger partial charge is 0.260 e. The monoisotopic (exact) mass is 414 g/mol. The lowest BCUT2D eigenvalue weighted by atomic mass is 10.1. The Balaban J connectivity index is 1.49. The van der Waals surface area contributed by atoms with Crippen LogP contribution in [0.1, 0.15) is 15.9 Å². The minimum Gasteiger partial charge on any atom is -0.493 e. The lowest BCUT2D eigenvalue weighted by Crippen LogP contribution is -3.13. The number of methoxy groups -OCH3 is 2. The summed E-state index contributed by atoms with van der Waals surface area (Å²) >= 11 is 0. The maximum Gasteiger partial charge on any atom is 0.260 e. The number of nitrogens with zero attached hydrogens (tertiary/aromatic N) is 1. The number of carbonyl (C=O) groups excluding carboxylic acids is 2. The summed E-state index contributed by atoms with van der Waals surface area (Å²) in [4.78, 5) is 27.2. The van der Waals surface area contributed by atoms with E-state index in [-0.39, 0.29) is 18.1 Å². The van der Waals surface area contributed by atoms with E-state index in [1.807, 2.05) is 18.2 Å². The van der Waals surface area contributed by atoms with Gasteiger partial charge in [-0.3, -0.25) is 9.59 Å². The number of piperazine rings is 1. The summed E-state index contributed by atoms with van der Waals surface area (Å²) in [5, 5.41) is 0. The summed E-state index contributed by atoms with van der Waals surface area (Å²) in [5.41, 5.74) is 6.78. The first-order valence-corrected chi connectivity index (χ1v) is 9.85. The van der Waals surface area contributed by atoms with Crippen molar-refractivity contribution in [3.05, 3.63) is 53.6 Å². The molecule has 2 amide bonds. The molecule has 2 aromatic rings. The van der Waals surface area contributed by atoms with Gasteiger partial charge in [0.25, 0.3) is 11.8 Å². The summed E-state index contributed by atoms with van der Waals surface area (Å²) in [7, 11) is 3.25. The first-order chi connectivity index (χ1) is 14.5. The Hall–Kier alpha value is -3.26. The largest absolute Gasteiger partial charge is 0.493 e. The average Bonchev–Trinajstić information content (AvgIpc) is 2.78. The molecule has 1 aliphatic rings. The molecule has 0 spiro atoms. The fraction of sp³-hybridized carbons (Fsp3) is 0.364. The maximum atomic E-state index is 12.5. The lowest BCUT2D eigenvalue weighted by molar-refractivity contribution is -0.917. The second kappa shape index (κ2) is 9.98. The van der Waals surface area contributed by atoms with Gasteiger partial charge < -0.3 is 29.7 Å². The van der Waals surface area contributed by atoms with Gasteiger partial charge >= 0.3 is 0 Å². The molecule has 30 heavy (non-hydrogen) atoms. The van der Waals surface area contributed by atoms with Crippen LogP contribution in [0, 0.1) is 0 Å². The molecule has 2 aromatic carbocycles. The number of amides is 2. The molecule has 3 rings (SSSR count). The molecule has 0 radical (unpaired) electrons. The topological polar surface area (TPSA) is 95.5 Å². The van der Waals surface area contributed by atoms with Crippen molar-refractivity contribution < 1.29 is 28.7 Å². The van der Waals surface area contributed by atoms with Crippen LogP contribution in [0.25, 0.3) is 0 Å². The fourth-order valence-corrected chi connectivity index (χ4v) is 3.56. The molecule has 160 valence electrons. The van der Waals surface area contributed by atoms with Crippen molar-refractivity contribution in [1.29, 1.82) is 0 Å². The predicted molar refractivity (Wildman–Crippen MR) is 111 cm³/mol. The van der Waals surface area contributed by atoms with Gasteiger partial charge in [-0.2, -0.15) is 0 Å². The van der Waals surface area contributed by atoms with Crippen molar-refractivity contribution in [3.63, 3.8) is 0 Å². The molecule has 1 fully saturated rings. The number of hydrogen-bond acceptors (Lipinski definition) is 5. The van der Waals surface area contributed by atoms with Gasteiger partial charge in [0.05, 0.1) is 46.0 Å². The van der Waals surface area contributed by atoms with Gasteiger partial charge in [-0.15, -0.1) is 0 Å². The van der Waals surface area contributed by atoms with E-state index in [1.54, 1.807) is 43.4 Å². The molecule has 8 nitrogen and oxygen atoms in total. The zero-order valence-corrected chi connectivity index (χ0v) is 17.3. The lowest BCUT2D eigenvalue weighted by Gasteiger charge is -2.32. The minimum atomic E-state index is -0.578. The molecular formula is C22H28N3O5+. The molecule has 0 saturated carbocycles. The molecule has 0 aliphatic carbocycles. The van der Waals surface area contributed by atoms with Gasteiger partial charge in [0, 0.05) is 5.56 Å². The third-order valence-electron chi connectivity index (χ3n) is 5.23. The molecule has 1 heterocycles. The van der Waals surface area contributed by atoms with E-state index in [1.165, 1.54) is 4.90 Å². The highest BCUT2D eigenvalue weighted by molar-refractivity contribution is 5.95. The zero-order chi connectivity index (χ0) is 21.5. The van der Waals surface area contributed by atoms with Crippen molar-refractivity contribution in [2.45, 2.75) is 6.54 Å². The molecule has 0 unspecified atom stereocenters. The number of nitrogens with two attached hydrogens (primary N) is 1. The molecule has 1 saturated heterocycles. The van der Waals surface area contributed by atoms with E-state index in [4.69, 9.17) is 19.9 Å². The number of benzene rings is 2. The van der Waals surface area contributed by atoms with Crippen LogP contribution in [0.2, 0.25) is 0 Å². The van der Waals surface area contributed by atoms with E-state index in [0.717, 1.165) is 30.9 Å². The number of nitrogens with one attached hydrogen (secondary N) is 1. The summed E-state index contributed by atoms with van der Waals surface area (Å²) in [6, 6.07) is 12.6. The number of quaternary nitrogens is 1. The molecule has 1 aliphatic heterocycles. The molecule has 3 N–H and O–H groups in total. The first-order valence-electron chi connectivity index (χ1n) is 9.85. The van der Waals surface area contributed by atoms with Crippen LogP contribution < -0.4 is 24.8 Å². The predicted octanol–water partition coefficient (Wildman–Crippen LogP) is 0.109. The normalized spacial score (nSPS) is 14.3. The highest BCUT2D eigenvalue weighted by Crippen LogP contribution is 2.27. The van der Waals surface area contributed by atoms with Gasteiger partial charge in [-0.1, -0.05) is 12.1 Å². The van der Waals surface area contributed by atoms with E-state index < -0.39 is 5.91 Å². The minimum absolute atomic E-state index is 0.0977. The summed E-state index contributed by atoms with van der Waals surface area (Å²) in [6.45, 7) is 3.74. The molecular weight excluding hydrogens is 386 g/mol. The highest BCUT2D eigenvalue weighted by Gasteiger charge is 2.24. The van der Waals surface area contributed by atoms with Crippen molar-refractivity contribution in [2.24, 2.45) is 5.73 Å². The van der Waals surface area contributed by atoms with Crippen LogP contribution in [0.5, 0.6) is 17.2 Å². The number of para-hydroxylation sites is 1. The van der Waals surface area contributed by atoms with Crippen LogP contribution in [-0.4, -0.2) is 63.7 Å². The van der Waals surface area contributed by atoms with E-state index in [9.17, 15) is 9.59 Å². The number of hydrogen-bond donors (Lipinski definition) is 2. The van der Waals surface area contributed by atoms with Crippen LogP contribution in [0.15, 0.2) is 42.5 Å². The molecule has 0 atom stereocenters. The van der Waals surface area contributed by atoms with Crippen LogP contribution in [0.3, 0.4) is 0 Å². The summed E-state index contributed by atoms with van der Waals surface area (Å²) < 4.78 is 16.2. The second-order valence-corrected chi connectivity index (χ2v) is 7.15. The molecule has 0 aromatic heterocycles. The SMILES string of the molecule is COc1ccc(C[NH+]2CCN(C(=O)COc3ccccc3C(N)=O)CC2)cc1OC. The Morgan fingerprint density at radius 3 is 2.37 bits per heavy atom. The third-order valence-corrected chi connectivity index (χ3v) is 5.23. The summed E-state index contributed by atoms with van der Waals surface area (Å²) in [6.07, 6.45) is 0. The standard InChI is InChI=1S/C22H27N3O5/c1-28-19-8-7-16(13-20(19)29-2)14-24-9-11-25(12-10-24)21(26)15-30-18-6-4-3-5-17(18)22(23)27/h3-8,13H,9-12,14-15H2,1-2H3,(H2,23,27)/p+1. The molecule has 8 heteroatoms.